The molecular weight excluding hydrogens is 114 g/mol. The zero-order chi connectivity index (χ0) is 2.00. The van der Waals surface area contributed by atoms with Gasteiger partial charge in [-0.15, -0.1) is 0 Å². The fourth-order valence-corrected chi connectivity index (χ4v) is 0. The molecule has 0 aliphatic heterocycles. The molecule has 0 amide bonds. The molecule has 0 unspecified atom stereocenters. The van der Waals surface area contributed by atoms with Crippen molar-refractivity contribution < 1.29 is 21.7 Å². The molecule has 32 valence electrons. The van der Waals surface area contributed by atoms with E-state index in [-0.39, 0.29) is 36.6 Å². The van der Waals surface area contributed by atoms with Gasteiger partial charge in [-0.1, -0.05) is 0 Å². The molecule has 0 radical (unpaired) electrons. The second-order valence-corrected chi connectivity index (χ2v) is 0. The standard InChI is InChI=1S/2CH3.H5NSi.Ti/c;;1-2;/h2*1H3;1H2,2H3;/q2*-1;;+2. The van der Waals surface area contributed by atoms with Crippen molar-refractivity contribution in [2.45, 2.75) is 0 Å². The van der Waals surface area contributed by atoms with E-state index < -0.39 is 0 Å². The third kappa shape index (κ3) is 51.5. The molecule has 0 aromatic rings. The van der Waals surface area contributed by atoms with Crippen molar-refractivity contribution in [2.75, 3.05) is 0 Å². The Hall–Kier alpha value is 0.891. The summed E-state index contributed by atoms with van der Waals surface area (Å²) in [5.74, 6) is 0. The molecule has 0 atom stereocenters. The Bertz CT molecular complexity index is 9.61. The maximum Gasteiger partial charge on any atom is 2.00 e. The van der Waals surface area contributed by atoms with Crippen LogP contribution in [0, 0.1) is 14.9 Å². The normalized spacial score (nSPS) is 1.80. The Kier molecular flexibility index (Phi) is 735. The van der Waals surface area contributed by atoms with Gasteiger partial charge in [0.2, 0.25) is 0 Å². The van der Waals surface area contributed by atoms with Gasteiger partial charge in [0, 0.05) is 0 Å². The first kappa shape index (κ1) is 39.4. The Balaban J connectivity index is -0.00000000167. The van der Waals surface area contributed by atoms with Crippen LogP contribution in [0.2, 0.25) is 0 Å². The quantitative estimate of drug-likeness (QED) is 0.330. The second-order valence-electron chi connectivity index (χ2n) is 0. The predicted octanol–water partition coefficient (Wildman–Crippen LogP) is -0.876. The maximum atomic E-state index is 4.64. The zero-order valence-electron chi connectivity index (χ0n) is 4.08. The first-order valence-corrected chi connectivity index (χ1v) is 1.73. The molecule has 2 N–H and O–H groups in total. The summed E-state index contributed by atoms with van der Waals surface area (Å²) in [6, 6.07) is 0. The Labute approximate surface area is 52.7 Å². The molecule has 0 aliphatic carbocycles. The van der Waals surface area contributed by atoms with Crippen LogP contribution in [-0.2, 0) is 21.7 Å². The molecule has 0 spiro atoms. The van der Waals surface area contributed by atoms with Gasteiger partial charge in [0.1, 0.15) is 0 Å². The van der Waals surface area contributed by atoms with E-state index in [0.29, 0.717) is 0 Å². The summed E-state index contributed by atoms with van der Waals surface area (Å²) in [6.45, 7) is 0. The van der Waals surface area contributed by atoms with Crippen molar-refractivity contribution in [2.24, 2.45) is 5.40 Å². The summed E-state index contributed by atoms with van der Waals surface area (Å²) in [5.41, 5.74) is 0. The van der Waals surface area contributed by atoms with E-state index in [4.69, 9.17) is 0 Å². The van der Waals surface area contributed by atoms with E-state index >= 15 is 0 Å². The van der Waals surface area contributed by atoms with Crippen molar-refractivity contribution in [3.8, 4) is 0 Å². The minimum atomic E-state index is 0. The van der Waals surface area contributed by atoms with Gasteiger partial charge in [0.15, 0.2) is 0 Å². The van der Waals surface area contributed by atoms with E-state index in [9.17, 15) is 0 Å². The zero-order valence-corrected chi connectivity index (χ0v) is 7.64. The van der Waals surface area contributed by atoms with Crippen LogP contribution in [0.25, 0.3) is 0 Å². The van der Waals surface area contributed by atoms with Crippen LogP contribution in [0.5, 0.6) is 0 Å². The van der Waals surface area contributed by atoms with Crippen LogP contribution in [-0.4, -0.2) is 10.4 Å². The van der Waals surface area contributed by atoms with E-state index in [2.05, 4.69) is 5.40 Å². The van der Waals surface area contributed by atoms with Gasteiger partial charge in [-0.05, 0) is 0 Å². The summed E-state index contributed by atoms with van der Waals surface area (Å²) in [4.78, 5) is 0. The minimum absolute atomic E-state index is 0. The largest absolute Gasteiger partial charge is 2.00 e. The second kappa shape index (κ2) is 93.3. The molecule has 5 heavy (non-hydrogen) atoms. The van der Waals surface area contributed by atoms with Gasteiger partial charge in [0.05, 0.1) is 10.4 Å². The summed E-state index contributed by atoms with van der Waals surface area (Å²) in [6.07, 6.45) is 0. The Morgan fingerprint density at radius 3 is 1.00 bits per heavy atom. The van der Waals surface area contributed by atoms with Crippen molar-refractivity contribution in [1.82, 2.24) is 0 Å². The average Bonchev–Trinajstić information content (AvgIpc) is 1.00. The maximum absolute atomic E-state index is 4.64. The molecule has 0 saturated carbocycles. The molecule has 0 heterocycles. The molecule has 0 saturated heterocycles. The van der Waals surface area contributed by atoms with Crippen LogP contribution in [0.3, 0.4) is 0 Å². The summed E-state index contributed by atoms with van der Waals surface area (Å²) in [7, 11) is 0.806. The summed E-state index contributed by atoms with van der Waals surface area (Å²) >= 11 is 0. The molecule has 1 nitrogen and oxygen atoms in total. The van der Waals surface area contributed by atoms with Gasteiger partial charge < -0.3 is 20.3 Å². The third-order valence-corrected chi connectivity index (χ3v) is 0. The fourth-order valence-electron chi connectivity index (χ4n) is 0. The average molecular weight is 125 g/mol. The first-order valence-electron chi connectivity index (χ1n) is 0.577. The van der Waals surface area contributed by atoms with Crippen LogP contribution in [0.1, 0.15) is 0 Å². The molecular formula is C2H11NSiTi. The SMILES string of the molecule is N[SiH3].[CH3-].[CH3-].[Ti+2]. The van der Waals surface area contributed by atoms with Crippen molar-refractivity contribution in [1.29, 1.82) is 0 Å². The van der Waals surface area contributed by atoms with E-state index in [1.807, 2.05) is 0 Å². The van der Waals surface area contributed by atoms with Crippen molar-refractivity contribution in [3.63, 3.8) is 0 Å². The van der Waals surface area contributed by atoms with Gasteiger partial charge in [-0.25, -0.2) is 0 Å². The van der Waals surface area contributed by atoms with Gasteiger partial charge in [-0.3, -0.25) is 0 Å². The molecule has 0 aromatic heterocycles. The van der Waals surface area contributed by atoms with Crippen LogP contribution >= 0.6 is 0 Å². The van der Waals surface area contributed by atoms with Crippen molar-refractivity contribution in [3.05, 3.63) is 14.9 Å². The summed E-state index contributed by atoms with van der Waals surface area (Å²) in [5, 5.41) is 4.64. The van der Waals surface area contributed by atoms with Crippen LogP contribution < -0.4 is 5.40 Å². The fraction of sp³-hybridized carbons (Fsp3) is 0. The Morgan fingerprint density at radius 1 is 1.00 bits per heavy atom. The molecule has 0 rings (SSSR count). The molecule has 0 aromatic carbocycles. The number of nitrogens with two attached hydrogens (primary N) is 1. The molecule has 0 aliphatic rings. The van der Waals surface area contributed by atoms with Crippen molar-refractivity contribution >= 4 is 10.4 Å². The van der Waals surface area contributed by atoms with E-state index in [0.717, 1.165) is 10.4 Å². The van der Waals surface area contributed by atoms with Crippen LogP contribution in [0.15, 0.2) is 0 Å². The Morgan fingerprint density at radius 2 is 1.00 bits per heavy atom. The molecule has 3 heteroatoms. The number of hydrogen-bond donors (Lipinski definition) is 1. The third-order valence-electron chi connectivity index (χ3n) is 0. The van der Waals surface area contributed by atoms with Gasteiger partial charge in [0.25, 0.3) is 0 Å². The number of hydrogen-bond acceptors (Lipinski definition) is 1. The monoisotopic (exact) mass is 125 g/mol. The summed E-state index contributed by atoms with van der Waals surface area (Å²) < 4.78 is 0. The van der Waals surface area contributed by atoms with E-state index in [1.54, 1.807) is 0 Å². The van der Waals surface area contributed by atoms with E-state index in [1.165, 1.54) is 0 Å². The first-order chi connectivity index (χ1) is 1.00. The van der Waals surface area contributed by atoms with Gasteiger partial charge >= 0.3 is 21.7 Å². The molecule has 0 bridgehead atoms. The smallest absolute Gasteiger partial charge is 0.358 e. The topological polar surface area (TPSA) is 26.0 Å². The van der Waals surface area contributed by atoms with Gasteiger partial charge in [-0.2, -0.15) is 0 Å². The van der Waals surface area contributed by atoms with Crippen LogP contribution in [0.4, 0.5) is 0 Å². The minimum Gasteiger partial charge on any atom is -0.358 e. The predicted molar refractivity (Wildman–Crippen MR) is 27.0 cm³/mol. The molecule has 0 fully saturated rings. The number of rotatable bonds is 0.